The van der Waals surface area contributed by atoms with Crippen molar-refractivity contribution in [2.75, 3.05) is 0 Å². The normalized spacial score (nSPS) is 10.7. The van der Waals surface area contributed by atoms with Crippen LogP contribution in [0.1, 0.15) is 44.9 Å². The number of hydrogen-bond donors (Lipinski definition) is 1. The van der Waals surface area contributed by atoms with Crippen LogP contribution in [0.5, 0.6) is 0 Å². The molecule has 1 aromatic rings. The fraction of sp³-hybridized carbons (Fsp3) is 0.692. The van der Waals surface area contributed by atoms with Gasteiger partial charge in [0.1, 0.15) is 12.4 Å². The van der Waals surface area contributed by atoms with E-state index in [-0.39, 0.29) is 6.42 Å². The molecule has 0 aliphatic rings. The van der Waals surface area contributed by atoms with E-state index in [0.29, 0.717) is 6.42 Å². The van der Waals surface area contributed by atoms with Crippen LogP contribution in [0, 0.1) is 0 Å². The van der Waals surface area contributed by atoms with Crippen LogP contribution in [0.2, 0.25) is 0 Å². The first kappa shape index (κ1) is 13.7. The molecule has 0 fully saturated rings. The van der Waals surface area contributed by atoms with Crippen LogP contribution in [0.4, 0.5) is 0 Å². The number of imidazole rings is 1. The first-order valence-electron chi connectivity index (χ1n) is 6.40. The van der Waals surface area contributed by atoms with Gasteiger partial charge in [0.15, 0.2) is 0 Å². The standard InChI is InChI=1S/C13H22N2O2/c1-3-4-5-7-12-14(2)10-11-15(12)9-6-8-13(16)17/h10-11H,3-9H2,1-2H3/p+1. The number of carboxylic acid groups (broad SMARTS) is 1. The van der Waals surface area contributed by atoms with Gasteiger partial charge in [0.2, 0.25) is 0 Å². The van der Waals surface area contributed by atoms with Crippen LogP contribution in [0.3, 0.4) is 0 Å². The maximum atomic E-state index is 10.5. The maximum absolute atomic E-state index is 10.5. The molecule has 4 heteroatoms. The Hall–Kier alpha value is -1.32. The van der Waals surface area contributed by atoms with E-state index in [4.69, 9.17) is 5.11 Å². The third kappa shape index (κ3) is 4.59. The van der Waals surface area contributed by atoms with Crippen LogP contribution in [0.25, 0.3) is 0 Å². The second-order valence-corrected chi connectivity index (χ2v) is 4.47. The molecule has 0 aliphatic carbocycles. The number of aliphatic carboxylic acids is 1. The summed E-state index contributed by atoms with van der Waals surface area (Å²) in [7, 11) is 2.05. The lowest BCUT2D eigenvalue weighted by molar-refractivity contribution is -0.678. The highest BCUT2D eigenvalue weighted by atomic mass is 16.4. The average molecular weight is 239 g/mol. The molecule has 1 heterocycles. The largest absolute Gasteiger partial charge is 0.481 e. The molecule has 0 amide bonds. The lowest BCUT2D eigenvalue weighted by Crippen LogP contribution is -2.32. The van der Waals surface area contributed by atoms with E-state index >= 15 is 0 Å². The van der Waals surface area contributed by atoms with E-state index in [1.54, 1.807) is 0 Å². The van der Waals surface area contributed by atoms with Crippen LogP contribution >= 0.6 is 0 Å². The van der Waals surface area contributed by atoms with E-state index < -0.39 is 5.97 Å². The van der Waals surface area contributed by atoms with E-state index in [1.165, 1.54) is 25.1 Å². The Morgan fingerprint density at radius 1 is 1.41 bits per heavy atom. The van der Waals surface area contributed by atoms with E-state index in [1.807, 2.05) is 12.4 Å². The predicted molar refractivity (Wildman–Crippen MR) is 65.7 cm³/mol. The monoisotopic (exact) mass is 239 g/mol. The zero-order valence-corrected chi connectivity index (χ0v) is 10.9. The Balaban J connectivity index is 2.50. The van der Waals surface area contributed by atoms with Crippen molar-refractivity contribution in [3.05, 3.63) is 18.2 Å². The smallest absolute Gasteiger partial charge is 0.303 e. The highest BCUT2D eigenvalue weighted by Gasteiger charge is 2.13. The molecular weight excluding hydrogens is 216 g/mol. The van der Waals surface area contributed by atoms with Crippen molar-refractivity contribution in [3.8, 4) is 0 Å². The predicted octanol–water partition coefficient (Wildman–Crippen LogP) is 1.91. The van der Waals surface area contributed by atoms with Crippen LogP contribution in [-0.4, -0.2) is 15.6 Å². The Kier molecular flexibility index (Phi) is 5.73. The number of aromatic nitrogens is 2. The molecule has 96 valence electrons. The van der Waals surface area contributed by atoms with E-state index in [2.05, 4.69) is 23.1 Å². The number of hydrogen-bond acceptors (Lipinski definition) is 1. The van der Waals surface area contributed by atoms with E-state index in [0.717, 1.165) is 13.0 Å². The Bertz CT molecular complexity index is 358. The van der Waals surface area contributed by atoms with Gasteiger partial charge in [0.05, 0.1) is 13.6 Å². The van der Waals surface area contributed by atoms with Gasteiger partial charge in [-0.05, 0) is 12.8 Å². The Morgan fingerprint density at radius 3 is 2.82 bits per heavy atom. The van der Waals surface area contributed by atoms with Crippen molar-refractivity contribution in [1.82, 2.24) is 4.57 Å². The minimum atomic E-state index is -0.714. The molecule has 1 rings (SSSR count). The summed E-state index contributed by atoms with van der Waals surface area (Å²) in [4.78, 5) is 10.5. The molecule has 0 aromatic carbocycles. The summed E-state index contributed by atoms with van der Waals surface area (Å²) in [5.41, 5.74) is 0. The number of unbranched alkanes of at least 4 members (excludes halogenated alkanes) is 2. The molecular formula is C13H23N2O2+. The van der Waals surface area contributed by atoms with Crippen molar-refractivity contribution >= 4 is 5.97 Å². The van der Waals surface area contributed by atoms with Crippen LogP contribution < -0.4 is 4.57 Å². The lowest BCUT2D eigenvalue weighted by Gasteiger charge is -2.02. The SMILES string of the molecule is CCCCCc1n(CCCC(=O)O)cc[n+]1C. The lowest BCUT2D eigenvalue weighted by atomic mass is 10.2. The molecule has 17 heavy (non-hydrogen) atoms. The minimum absolute atomic E-state index is 0.246. The molecule has 1 N–H and O–H groups in total. The highest BCUT2D eigenvalue weighted by molar-refractivity contribution is 5.66. The summed E-state index contributed by atoms with van der Waals surface area (Å²) >= 11 is 0. The summed E-state index contributed by atoms with van der Waals surface area (Å²) in [6.45, 7) is 3.00. The second kappa shape index (κ2) is 7.09. The fourth-order valence-electron chi connectivity index (χ4n) is 2.01. The van der Waals surface area contributed by atoms with Crippen LogP contribution in [-0.2, 0) is 24.8 Å². The van der Waals surface area contributed by atoms with Gasteiger partial charge in [-0.3, -0.25) is 4.79 Å². The fourth-order valence-corrected chi connectivity index (χ4v) is 2.01. The molecule has 0 saturated heterocycles. The molecule has 0 saturated carbocycles. The average Bonchev–Trinajstić information content (AvgIpc) is 2.61. The number of carboxylic acids is 1. The van der Waals surface area contributed by atoms with Gasteiger partial charge < -0.3 is 5.11 Å². The summed E-state index contributed by atoms with van der Waals surface area (Å²) in [6.07, 6.45) is 9.79. The molecule has 1 aromatic heterocycles. The summed E-state index contributed by atoms with van der Waals surface area (Å²) in [6, 6.07) is 0. The molecule has 0 radical (unpaired) electrons. The van der Waals surface area contributed by atoms with Gasteiger partial charge in [0.25, 0.3) is 5.82 Å². The number of nitrogens with zero attached hydrogens (tertiary/aromatic N) is 2. The van der Waals surface area contributed by atoms with Gasteiger partial charge >= 0.3 is 5.97 Å². The number of carbonyl (C=O) groups is 1. The van der Waals surface area contributed by atoms with Gasteiger partial charge in [-0.15, -0.1) is 0 Å². The van der Waals surface area contributed by atoms with Gasteiger partial charge in [-0.2, -0.15) is 0 Å². The third-order valence-corrected chi connectivity index (χ3v) is 3.00. The molecule has 0 bridgehead atoms. The van der Waals surface area contributed by atoms with Crippen molar-refractivity contribution in [3.63, 3.8) is 0 Å². The summed E-state index contributed by atoms with van der Waals surface area (Å²) in [5.74, 6) is 0.581. The van der Waals surface area contributed by atoms with E-state index in [9.17, 15) is 4.79 Å². The molecule has 0 aliphatic heterocycles. The number of aryl methyl sites for hydroxylation is 2. The quantitative estimate of drug-likeness (QED) is 0.556. The molecule has 0 atom stereocenters. The zero-order chi connectivity index (χ0) is 12.7. The Morgan fingerprint density at radius 2 is 2.18 bits per heavy atom. The third-order valence-electron chi connectivity index (χ3n) is 3.00. The first-order valence-corrected chi connectivity index (χ1v) is 6.40. The molecule has 4 nitrogen and oxygen atoms in total. The topological polar surface area (TPSA) is 46.1 Å². The second-order valence-electron chi connectivity index (χ2n) is 4.47. The van der Waals surface area contributed by atoms with Crippen molar-refractivity contribution in [2.45, 2.75) is 52.0 Å². The minimum Gasteiger partial charge on any atom is -0.481 e. The maximum Gasteiger partial charge on any atom is 0.303 e. The molecule has 0 unspecified atom stereocenters. The summed E-state index contributed by atoms with van der Waals surface area (Å²) < 4.78 is 4.31. The zero-order valence-electron chi connectivity index (χ0n) is 10.9. The Labute approximate surface area is 103 Å². The number of rotatable bonds is 8. The van der Waals surface area contributed by atoms with Crippen molar-refractivity contribution in [1.29, 1.82) is 0 Å². The van der Waals surface area contributed by atoms with Crippen molar-refractivity contribution in [2.24, 2.45) is 7.05 Å². The summed E-state index contributed by atoms with van der Waals surface area (Å²) in [5, 5.41) is 8.62. The van der Waals surface area contributed by atoms with Gasteiger partial charge in [-0.25, -0.2) is 9.13 Å². The molecule has 0 spiro atoms. The van der Waals surface area contributed by atoms with Crippen LogP contribution in [0.15, 0.2) is 12.4 Å². The first-order chi connectivity index (χ1) is 8.15. The van der Waals surface area contributed by atoms with Gasteiger partial charge in [0, 0.05) is 12.8 Å². The van der Waals surface area contributed by atoms with Crippen molar-refractivity contribution < 1.29 is 14.5 Å². The highest BCUT2D eigenvalue weighted by Crippen LogP contribution is 2.05. The van der Waals surface area contributed by atoms with Gasteiger partial charge in [-0.1, -0.05) is 19.8 Å².